The van der Waals surface area contributed by atoms with Crippen LogP contribution in [0.2, 0.25) is 0 Å². The second-order valence-corrected chi connectivity index (χ2v) is 5.96. The third kappa shape index (κ3) is 2.54. The maximum Gasteiger partial charge on any atom is 0.406 e. The van der Waals surface area contributed by atoms with Gasteiger partial charge in [-0.3, -0.25) is 9.36 Å². The number of amides is 1. The van der Waals surface area contributed by atoms with Crippen molar-refractivity contribution in [1.29, 1.82) is 0 Å². The van der Waals surface area contributed by atoms with Crippen molar-refractivity contribution in [2.45, 2.75) is 0 Å². The third-order valence-corrected chi connectivity index (χ3v) is 4.52. The highest BCUT2D eigenvalue weighted by molar-refractivity contribution is 7.12. The van der Waals surface area contributed by atoms with Crippen LogP contribution in [0.15, 0.2) is 23.8 Å². The molecule has 0 N–H and O–H groups in total. The fraction of sp³-hybridized carbons (Fsp3) is 0.385. The van der Waals surface area contributed by atoms with Crippen LogP contribution in [0.4, 0.5) is 11.6 Å². The van der Waals surface area contributed by atoms with Gasteiger partial charge in [0.1, 0.15) is 0 Å². The molecule has 116 valence electrons. The monoisotopic (exact) mass is 321 g/mol. The van der Waals surface area contributed by atoms with Crippen molar-refractivity contribution in [2.24, 2.45) is 7.05 Å². The minimum absolute atomic E-state index is 0.0224. The molecule has 0 radical (unpaired) electrons. The van der Waals surface area contributed by atoms with Crippen LogP contribution in [0.5, 0.6) is 0 Å². The molecule has 0 bridgehead atoms. The van der Waals surface area contributed by atoms with E-state index in [2.05, 4.69) is 4.98 Å². The Hall–Kier alpha value is -2.42. The lowest BCUT2D eigenvalue weighted by Crippen LogP contribution is -2.49. The van der Waals surface area contributed by atoms with E-state index < -0.39 is 4.92 Å². The molecule has 1 aliphatic heterocycles. The van der Waals surface area contributed by atoms with E-state index in [4.69, 9.17) is 0 Å². The van der Waals surface area contributed by atoms with Gasteiger partial charge in [0.15, 0.2) is 0 Å². The van der Waals surface area contributed by atoms with Gasteiger partial charge in [0.2, 0.25) is 12.1 Å². The van der Waals surface area contributed by atoms with Crippen molar-refractivity contribution >= 4 is 28.9 Å². The Kier molecular flexibility index (Phi) is 3.80. The van der Waals surface area contributed by atoms with Crippen molar-refractivity contribution in [3.8, 4) is 0 Å². The number of nitrogens with zero attached hydrogens (tertiary/aromatic N) is 5. The zero-order chi connectivity index (χ0) is 15.7. The first-order valence-corrected chi connectivity index (χ1v) is 7.69. The van der Waals surface area contributed by atoms with Crippen LogP contribution in [0, 0.1) is 10.1 Å². The van der Waals surface area contributed by atoms with E-state index in [1.54, 1.807) is 16.5 Å². The highest BCUT2D eigenvalue weighted by atomic mass is 32.1. The lowest BCUT2D eigenvalue weighted by Gasteiger charge is -2.35. The first-order valence-electron chi connectivity index (χ1n) is 6.81. The molecule has 8 nitrogen and oxygen atoms in total. The predicted octanol–water partition coefficient (Wildman–Crippen LogP) is 1.35. The molecule has 0 saturated carbocycles. The summed E-state index contributed by atoms with van der Waals surface area (Å²) in [6.45, 7) is 2.19. The number of carbonyl (C=O) groups is 1. The van der Waals surface area contributed by atoms with Crippen LogP contribution in [-0.4, -0.2) is 51.5 Å². The number of aromatic nitrogens is 2. The van der Waals surface area contributed by atoms with Crippen LogP contribution in [0.3, 0.4) is 0 Å². The third-order valence-electron chi connectivity index (χ3n) is 3.66. The van der Waals surface area contributed by atoms with Crippen LogP contribution >= 0.6 is 11.3 Å². The number of piperazine rings is 1. The summed E-state index contributed by atoms with van der Waals surface area (Å²) in [6, 6.07) is 3.67. The summed E-state index contributed by atoms with van der Waals surface area (Å²) in [6.07, 6.45) is 1.44. The summed E-state index contributed by atoms with van der Waals surface area (Å²) in [4.78, 5) is 31.1. The number of aryl methyl sites for hydroxylation is 1. The largest absolute Gasteiger partial charge is 0.406 e. The van der Waals surface area contributed by atoms with Gasteiger partial charge in [-0.2, -0.15) is 0 Å². The summed E-state index contributed by atoms with van der Waals surface area (Å²) in [5.41, 5.74) is 0. The van der Waals surface area contributed by atoms with Gasteiger partial charge in [-0.25, -0.2) is 0 Å². The van der Waals surface area contributed by atoms with Crippen molar-refractivity contribution in [3.05, 3.63) is 38.8 Å². The molecule has 1 amide bonds. The van der Waals surface area contributed by atoms with Crippen molar-refractivity contribution in [3.63, 3.8) is 0 Å². The molecule has 3 rings (SSSR count). The zero-order valence-corrected chi connectivity index (χ0v) is 12.8. The summed E-state index contributed by atoms with van der Waals surface area (Å²) in [5, 5.41) is 12.9. The van der Waals surface area contributed by atoms with Crippen LogP contribution in [-0.2, 0) is 7.05 Å². The molecule has 1 saturated heterocycles. The second kappa shape index (κ2) is 5.76. The summed E-state index contributed by atoms with van der Waals surface area (Å²) in [5.74, 6) is 0.378. The topological polar surface area (TPSA) is 84.5 Å². The molecule has 0 unspecified atom stereocenters. The van der Waals surface area contributed by atoms with Gasteiger partial charge < -0.3 is 19.9 Å². The molecule has 2 aromatic heterocycles. The number of hydrogen-bond donors (Lipinski definition) is 0. The van der Waals surface area contributed by atoms with Crippen LogP contribution < -0.4 is 4.90 Å². The van der Waals surface area contributed by atoms with E-state index >= 15 is 0 Å². The molecule has 22 heavy (non-hydrogen) atoms. The standard InChI is InChI=1S/C13H15N5O3S/c1-15-9-14-11(18(20)21)12(15)16-4-6-17(7-5-16)13(19)10-3-2-8-22-10/h2-3,8-9H,4-7H2,1H3. The summed E-state index contributed by atoms with van der Waals surface area (Å²) in [7, 11) is 1.73. The second-order valence-electron chi connectivity index (χ2n) is 5.02. The van der Waals surface area contributed by atoms with E-state index in [-0.39, 0.29) is 11.7 Å². The van der Waals surface area contributed by atoms with Crippen molar-refractivity contribution < 1.29 is 9.72 Å². The van der Waals surface area contributed by atoms with Gasteiger partial charge in [0, 0.05) is 33.2 Å². The van der Waals surface area contributed by atoms with E-state index in [1.807, 2.05) is 22.4 Å². The number of hydrogen-bond acceptors (Lipinski definition) is 6. The first-order chi connectivity index (χ1) is 10.6. The fourth-order valence-corrected chi connectivity index (χ4v) is 3.27. The highest BCUT2D eigenvalue weighted by Gasteiger charge is 2.30. The lowest BCUT2D eigenvalue weighted by atomic mass is 10.3. The Morgan fingerprint density at radius 2 is 2.09 bits per heavy atom. The van der Waals surface area contributed by atoms with E-state index in [1.165, 1.54) is 17.7 Å². The number of carbonyl (C=O) groups excluding carboxylic acids is 1. The van der Waals surface area contributed by atoms with E-state index in [9.17, 15) is 14.9 Å². The van der Waals surface area contributed by atoms with E-state index in [0.717, 1.165) is 4.88 Å². The molecule has 0 aromatic carbocycles. The molecule has 3 heterocycles. The SMILES string of the molecule is Cn1cnc([N+](=O)[O-])c1N1CCN(C(=O)c2cccs2)CC1. The highest BCUT2D eigenvalue weighted by Crippen LogP contribution is 2.27. The van der Waals surface area contributed by atoms with Crippen molar-refractivity contribution in [1.82, 2.24) is 14.5 Å². The van der Waals surface area contributed by atoms with Gasteiger partial charge in [-0.05, 0) is 21.4 Å². The van der Waals surface area contributed by atoms with Crippen molar-refractivity contribution in [2.75, 3.05) is 31.1 Å². The number of thiophene rings is 1. The van der Waals surface area contributed by atoms with Gasteiger partial charge >= 0.3 is 5.82 Å². The zero-order valence-electron chi connectivity index (χ0n) is 12.0. The molecular formula is C13H15N5O3S. The van der Waals surface area contributed by atoms with Gasteiger partial charge in [0.05, 0.1) is 4.88 Å². The Morgan fingerprint density at radius 1 is 1.36 bits per heavy atom. The minimum atomic E-state index is -0.474. The predicted molar refractivity (Wildman–Crippen MR) is 82.3 cm³/mol. The molecule has 0 spiro atoms. The number of anilines is 1. The molecular weight excluding hydrogens is 306 g/mol. The van der Waals surface area contributed by atoms with Gasteiger partial charge in [-0.15, -0.1) is 11.3 Å². The lowest BCUT2D eigenvalue weighted by molar-refractivity contribution is -0.388. The first kappa shape index (κ1) is 14.5. The average Bonchev–Trinajstić information content (AvgIpc) is 3.16. The fourth-order valence-electron chi connectivity index (χ4n) is 2.58. The number of nitro groups is 1. The Labute approximate surface area is 130 Å². The number of imidazole rings is 1. The maximum atomic E-state index is 12.3. The average molecular weight is 321 g/mol. The molecule has 1 aliphatic rings. The Bertz CT molecular complexity index is 689. The minimum Gasteiger partial charge on any atom is -0.358 e. The molecule has 2 aromatic rings. The maximum absolute atomic E-state index is 12.3. The quantitative estimate of drug-likeness (QED) is 0.629. The Morgan fingerprint density at radius 3 is 2.68 bits per heavy atom. The molecule has 0 atom stereocenters. The summed E-state index contributed by atoms with van der Waals surface area (Å²) < 4.78 is 1.65. The molecule has 1 fully saturated rings. The van der Waals surface area contributed by atoms with E-state index in [0.29, 0.717) is 32.0 Å². The normalized spacial score (nSPS) is 15.1. The van der Waals surface area contributed by atoms with Crippen LogP contribution in [0.25, 0.3) is 0 Å². The number of rotatable bonds is 3. The molecule has 9 heteroatoms. The molecule has 0 aliphatic carbocycles. The smallest absolute Gasteiger partial charge is 0.358 e. The summed E-state index contributed by atoms with van der Waals surface area (Å²) >= 11 is 1.42. The van der Waals surface area contributed by atoms with Gasteiger partial charge in [0.25, 0.3) is 5.91 Å². The van der Waals surface area contributed by atoms with Crippen LogP contribution in [0.1, 0.15) is 9.67 Å². The Balaban J connectivity index is 1.71. The van der Waals surface area contributed by atoms with Gasteiger partial charge in [-0.1, -0.05) is 6.07 Å².